The molecule has 0 aliphatic heterocycles. The maximum atomic E-state index is 12.9. The molecule has 2 aromatic heterocycles. The van der Waals surface area contributed by atoms with E-state index < -0.39 is 0 Å². The van der Waals surface area contributed by atoms with Crippen molar-refractivity contribution in [2.45, 2.75) is 20.5 Å². The van der Waals surface area contributed by atoms with Crippen LogP contribution < -0.4 is 0 Å². The number of carbonyl (C=O) groups excluding carboxylic acids is 1. The summed E-state index contributed by atoms with van der Waals surface area (Å²) in [5.74, 6) is -0.667. The number of hydrogen-bond acceptors (Lipinski definition) is 6. The van der Waals surface area contributed by atoms with Gasteiger partial charge in [0.15, 0.2) is 0 Å². The summed E-state index contributed by atoms with van der Waals surface area (Å²) in [5.41, 5.74) is 2.19. The first-order valence-electron chi connectivity index (χ1n) is 6.84. The quantitative estimate of drug-likeness (QED) is 0.657. The predicted octanol–water partition coefficient (Wildman–Crippen LogP) is 4.38. The molecule has 0 fully saturated rings. The maximum absolute atomic E-state index is 12.9. The summed E-state index contributed by atoms with van der Waals surface area (Å²) < 4.78 is 18.2. The molecule has 0 saturated heterocycles. The number of aryl methyl sites for hydroxylation is 2. The fourth-order valence-corrected chi connectivity index (χ4v) is 3.65. The molecule has 3 rings (SSSR count). The van der Waals surface area contributed by atoms with Crippen LogP contribution in [0.4, 0.5) is 4.39 Å². The second-order valence-electron chi connectivity index (χ2n) is 4.87. The lowest BCUT2D eigenvalue weighted by Gasteiger charge is -2.01. The van der Waals surface area contributed by atoms with Gasteiger partial charge >= 0.3 is 5.97 Å². The van der Waals surface area contributed by atoms with E-state index in [1.807, 2.05) is 12.3 Å². The molecule has 0 bridgehead atoms. The zero-order valence-corrected chi connectivity index (χ0v) is 14.1. The number of aromatic nitrogens is 2. The molecule has 0 N–H and O–H groups in total. The fraction of sp³-hybridized carbons (Fsp3) is 0.188. The smallest absolute Gasteiger partial charge is 0.350 e. The summed E-state index contributed by atoms with van der Waals surface area (Å²) in [7, 11) is 0. The summed E-state index contributed by atoms with van der Waals surface area (Å²) in [6.45, 7) is 3.74. The molecule has 1 aromatic carbocycles. The number of benzene rings is 1. The number of ether oxygens (including phenoxy) is 1. The van der Waals surface area contributed by atoms with Gasteiger partial charge in [-0.2, -0.15) is 0 Å². The zero-order chi connectivity index (χ0) is 16.4. The molecule has 0 aliphatic rings. The Morgan fingerprint density at radius 1 is 1.22 bits per heavy atom. The van der Waals surface area contributed by atoms with Crippen LogP contribution in [-0.4, -0.2) is 15.9 Å². The van der Waals surface area contributed by atoms with Crippen LogP contribution in [-0.2, 0) is 11.3 Å². The minimum Gasteiger partial charge on any atom is -0.455 e. The maximum Gasteiger partial charge on any atom is 0.350 e. The highest BCUT2D eigenvalue weighted by molar-refractivity contribution is 7.13. The van der Waals surface area contributed by atoms with E-state index in [0.29, 0.717) is 16.3 Å². The van der Waals surface area contributed by atoms with Crippen molar-refractivity contribution in [3.8, 4) is 10.6 Å². The molecular weight excluding hydrogens is 335 g/mol. The molecule has 23 heavy (non-hydrogen) atoms. The van der Waals surface area contributed by atoms with Gasteiger partial charge in [0.1, 0.15) is 22.3 Å². The molecule has 4 nitrogen and oxygen atoms in total. The second kappa shape index (κ2) is 6.55. The summed E-state index contributed by atoms with van der Waals surface area (Å²) in [6.07, 6.45) is 0. The summed E-state index contributed by atoms with van der Waals surface area (Å²) in [6, 6.07) is 6.14. The van der Waals surface area contributed by atoms with Crippen molar-refractivity contribution in [2.75, 3.05) is 0 Å². The number of carbonyl (C=O) groups is 1. The van der Waals surface area contributed by atoms with Crippen LogP contribution in [0.1, 0.15) is 26.1 Å². The van der Waals surface area contributed by atoms with Crippen LogP contribution in [0.5, 0.6) is 0 Å². The Morgan fingerprint density at radius 3 is 2.61 bits per heavy atom. The van der Waals surface area contributed by atoms with E-state index >= 15 is 0 Å². The van der Waals surface area contributed by atoms with E-state index in [4.69, 9.17) is 4.74 Å². The van der Waals surface area contributed by atoms with Gasteiger partial charge in [0, 0.05) is 10.9 Å². The number of nitrogens with zero attached hydrogens (tertiary/aromatic N) is 2. The average Bonchev–Trinajstić information content (AvgIpc) is 3.12. The summed E-state index contributed by atoms with van der Waals surface area (Å²) >= 11 is 2.75. The van der Waals surface area contributed by atoms with Crippen molar-refractivity contribution in [1.82, 2.24) is 9.97 Å². The highest BCUT2D eigenvalue weighted by atomic mass is 32.1. The van der Waals surface area contributed by atoms with E-state index in [-0.39, 0.29) is 18.4 Å². The number of thiazole rings is 2. The van der Waals surface area contributed by atoms with Gasteiger partial charge in [-0.15, -0.1) is 22.7 Å². The van der Waals surface area contributed by atoms with Crippen molar-refractivity contribution < 1.29 is 13.9 Å². The van der Waals surface area contributed by atoms with Gasteiger partial charge in [0.05, 0.1) is 16.4 Å². The number of rotatable bonds is 4. The summed E-state index contributed by atoms with van der Waals surface area (Å²) in [4.78, 5) is 21.2. The lowest BCUT2D eigenvalue weighted by molar-refractivity contribution is 0.0473. The SMILES string of the molecule is Cc1nc(C)c(C(=O)OCc2csc(-c3ccc(F)cc3)n2)s1. The molecule has 0 spiro atoms. The molecule has 7 heteroatoms. The molecular formula is C16H13FN2O2S2. The van der Waals surface area contributed by atoms with Gasteiger partial charge in [0.25, 0.3) is 0 Å². The van der Waals surface area contributed by atoms with E-state index in [9.17, 15) is 9.18 Å². The van der Waals surface area contributed by atoms with Crippen molar-refractivity contribution in [1.29, 1.82) is 0 Å². The Morgan fingerprint density at radius 2 is 1.96 bits per heavy atom. The molecule has 0 saturated carbocycles. The van der Waals surface area contributed by atoms with Crippen molar-refractivity contribution in [3.63, 3.8) is 0 Å². The third-order valence-electron chi connectivity index (χ3n) is 3.08. The third kappa shape index (κ3) is 3.62. The average molecular weight is 348 g/mol. The largest absolute Gasteiger partial charge is 0.455 e. The monoisotopic (exact) mass is 348 g/mol. The second-order valence-corrected chi connectivity index (χ2v) is 6.94. The molecule has 0 unspecified atom stereocenters. The highest BCUT2D eigenvalue weighted by Crippen LogP contribution is 2.25. The Bertz CT molecular complexity index is 840. The fourth-order valence-electron chi connectivity index (χ4n) is 2.02. The van der Waals surface area contributed by atoms with E-state index in [2.05, 4.69) is 9.97 Å². The molecule has 2 heterocycles. The summed E-state index contributed by atoms with van der Waals surface area (Å²) in [5, 5.41) is 3.43. The first-order valence-corrected chi connectivity index (χ1v) is 8.54. The van der Waals surface area contributed by atoms with Crippen molar-refractivity contribution >= 4 is 28.6 Å². The van der Waals surface area contributed by atoms with Gasteiger partial charge in [-0.25, -0.2) is 19.2 Å². The van der Waals surface area contributed by atoms with Gasteiger partial charge in [-0.05, 0) is 38.1 Å². The highest BCUT2D eigenvalue weighted by Gasteiger charge is 2.16. The Hall–Kier alpha value is -2.12. The van der Waals surface area contributed by atoms with E-state index in [1.165, 1.54) is 34.8 Å². The van der Waals surface area contributed by atoms with Crippen molar-refractivity contribution in [2.24, 2.45) is 0 Å². The molecule has 0 radical (unpaired) electrons. The van der Waals surface area contributed by atoms with Gasteiger partial charge in [-0.1, -0.05) is 0 Å². The van der Waals surface area contributed by atoms with Crippen molar-refractivity contribution in [3.05, 3.63) is 56.7 Å². The Balaban J connectivity index is 1.66. The lowest BCUT2D eigenvalue weighted by atomic mass is 10.2. The molecule has 0 amide bonds. The van der Waals surface area contributed by atoms with E-state index in [1.54, 1.807) is 19.1 Å². The standard InChI is InChI=1S/C16H13FN2O2S2/c1-9-14(23-10(2)18-9)16(20)21-7-13-8-22-15(19-13)11-3-5-12(17)6-4-11/h3-6,8H,7H2,1-2H3. The molecule has 118 valence electrons. The van der Waals surface area contributed by atoms with Crippen LogP contribution in [0.25, 0.3) is 10.6 Å². The molecule has 3 aromatic rings. The molecule has 0 aliphatic carbocycles. The minimum absolute atomic E-state index is 0.104. The Labute approximate surface area is 140 Å². The van der Waals surface area contributed by atoms with Gasteiger partial charge in [0.2, 0.25) is 0 Å². The predicted molar refractivity (Wildman–Crippen MR) is 88.2 cm³/mol. The number of esters is 1. The number of halogens is 1. The topological polar surface area (TPSA) is 52.1 Å². The van der Waals surface area contributed by atoms with Crippen LogP contribution in [0.2, 0.25) is 0 Å². The van der Waals surface area contributed by atoms with Crippen LogP contribution in [0.3, 0.4) is 0 Å². The lowest BCUT2D eigenvalue weighted by Crippen LogP contribution is -2.05. The van der Waals surface area contributed by atoms with Crippen LogP contribution >= 0.6 is 22.7 Å². The first-order chi connectivity index (χ1) is 11.0. The number of hydrogen-bond donors (Lipinski definition) is 0. The van der Waals surface area contributed by atoms with Crippen LogP contribution in [0, 0.1) is 19.7 Å². The molecule has 0 atom stereocenters. The van der Waals surface area contributed by atoms with Gasteiger partial charge < -0.3 is 4.74 Å². The van der Waals surface area contributed by atoms with E-state index in [0.717, 1.165) is 15.6 Å². The Kier molecular flexibility index (Phi) is 4.49. The minimum atomic E-state index is -0.385. The van der Waals surface area contributed by atoms with Gasteiger partial charge in [-0.3, -0.25) is 0 Å². The van der Waals surface area contributed by atoms with Crippen LogP contribution in [0.15, 0.2) is 29.6 Å². The normalized spacial score (nSPS) is 10.7. The third-order valence-corrected chi connectivity index (χ3v) is 5.08. The zero-order valence-electron chi connectivity index (χ0n) is 12.5. The first kappa shape index (κ1) is 15.8.